The zero-order valence-electron chi connectivity index (χ0n) is 14.8. The lowest BCUT2D eigenvalue weighted by molar-refractivity contribution is -0.137. The van der Waals surface area contributed by atoms with E-state index in [0.717, 1.165) is 12.1 Å². The molecule has 0 saturated carbocycles. The Morgan fingerprint density at radius 2 is 2.00 bits per heavy atom. The molecular weight excluding hydrogens is 482 g/mol. The van der Waals surface area contributed by atoms with E-state index in [1.165, 1.54) is 6.07 Å². The molecule has 1 aliphatic heterocycles. The minimum atomic E-state index is -4.39. The Bertz CT molecular complexity index is 764. The Hall–Kier alpha value is -1.04. The molecule has 1 fully saturated rings. The summed E-state index contributed by atoms with van der Waals surface area (Å²) in [6.07, 6.45) is -4.39. The maximum atomic E-state index is 12.8. The number of nitrogens with one attached hydrogen (secondary N) is 1. The van der Waals surface area contributed by atoms with Crippen molar-refractivity contribution in [3.05, 3.63) is 35.4 Å². The van der Waals surface area contributed by atoms with E-state index in [-0.39, 0.29) is 42.8 Å². The zero-order valence-corrected chi connectivity index (χ0v) is 17.9. The summed E-state index contributed by atoms with van der Waals surface area (Å²) in [7, 11) is -1.61. The molecule has 0 atom stereocenters. The highest BCUT2D eigenvalue weighted by molar-refractivity contribution is 14.0. The molecule has 1 saturated heterocycles. The van der Waals surface area contributed by atoms with Crippen LogP contribution in [-0.2, 0) is 22.6 Å². The predicted molar refractivity (Wildman–Crippen MR) is 106 cm³/mol. The van der Waals surface area contributed by atoms with Crippen LogP contribution in [0.2, 0.25) is 0 Å². The number of guanidine groups is 1. The first kappa shape index (κ1) is 23.0. The van der Waals surface area contributed by atoms with Crippen LogP contribution in [0.5, 0.6) is 0 Å². The summed E-state index contributed by atoms with van der Waals surface area (Å²) in [4.78, 5) is 5.94. The van der Waals surface area contributed by atoms with Crippen molar-refractivity contribution in [1.82, 2.24) is 10.2 Å². The number of halogens is 4. The van der Waals surface area contributed by atoms with E-state index in [0.29, 0.717) is 18.1 Å². The average molecular weight is 505 g/mol. The summed E-state index contributed by atoms with van der Waals surface area (Å²) in [5.74, 6) is 0.491. The van der Waals surface area contributed by atoms with Crippen LogP contribution in [0.4, 0.5) is 13.2 Å². The molecule has 0 radical (unpaired) electrons. The lowest BCUT2D eigenvalue weighted by atomic mass is 10.1. The molecule has 0 spiro atoms. The maximum absolute atomic E-state index is 12.8. The number of hydrogen-bond donors (Lipinski definition) is 1. The first-order valence-electron chi connectivity index (χ1n) is 7.80. The van der Waals surface area contributed by atoms with Crippen LogP contribution in [0.25, 0.3) is 0 Å². The number of aliphatic imine (C=N–C) groups is 1. The third-order valence-electron chi connectivity index (χ3n) is 4.26. The van der Waals surface area contributed by atoms with Gasteiger partial charge in [0.15, 0.2) is 15.8 Å². The molecule has 10 heteroatoms. The summed E-state index contributed by atoms with van der Waals surface area (Å²) < 4.78 is 61.6. The monoisotopic (exact) mass is 505 g/mol. The van der Waals surface area contributed by atoms with Gasteiger partial charge in [0.2, 0.25) is 0 Å². The smallest absolute Gasteiger partial charge is 0.352 e. The van der Waals surface area contributed by atoms with Gasteiger partial charge in [-0.2, -0.15) is 13.2 Å². The van der Waals surface area contributed by atoms with E-state index < -0.39 is 26.3 Å². The van der Waals surface area contributed by atoms with E-state index >= 15 is 0 Å². The molecule has 1 N–H and O–H groups in total. The number of sulfone groups is 1. The van der Waals surface area contributed by atoms with Gasteiger partial charge in [-0.1, -0.05) is 12.1 Å². The van der Waals surface area contributed by atoms with E-state index in [1.807, 2.05) is 4.90 Å². The minimum Gasteiger partial charge on any atom is -0.352 e. The van der Waals surface area contributed by atoms with Gasteiger partial charge in [-0.15, -0.1) is 24.0 Å². The van der Waals surface area contributed by atoms with Gasteiger partial charge in [0.1, 0.15) is 0 Å². The van der Waals surface area contributed by atoms with Crippen molar-refractivity contribution in [3.8, 4) is 0 Å². The van der Waals surface area contributed by atoms with Crippen molar-refractivity contribution in [2.75, 3.05) is 25.9 Å². The number of hydrogen-bond acceptors (Lipinski definition) is 3. The van der Waals surface area contributed by atoms with Crippen molar-refractivity contribution in [2.45, 2.75) is 31.3 Å². The van der Waals surface area contributed by atoms with E-state index in [4.69, 9.17) is 0 Å². The molecule has 0 aromatic heterocycles. The van der Waals surface area contributed by atoms with Crippen LogP contribution < -0.4 is 5.32 Å². The van der Waals surface area contributed by atoms with Gasteiger partial charge >= 0.3 is 6.18 Å². The highest BCUT2D eigenvalue weighted by Crippen LogP contribution is 2.29. The fraction of sp³-hybridized carbons (Fsp3) is 0.562. The topological polar surface area (TPSA) is 61.8 Å². The Morgan fingerprint density at radius 1 is 1.35 bits per heavy atom. The van der Waals surface area contributed by atoms with Gasteiger partial charge in [0.05, 0.1) is 16.1 Å². The van der Waals surface area contributed by atoms with Crippen LogP contribution >= 0.6 is 24.0 Å². The fourth-order valence-electron chi connectivity index (χ4n) is 2.70. The highest BCUT2D eigenvalue weighted by atomic mass is 127. The molecule has 1 aromatic carbocycles. The van der Waals surface area contributed by atoms with Crippen molar-refractivity contribution >= 4 is 39.8 Å². The lowest BCUT2D eigenvalue weighted by Gasteiger charge is -2.39. The summed E-state index contributed by atoms with van der Waals surface area (Å²) in [5, 5.41) is 3.01. The Balaban J connectivity index is 0.00000338. The summed E-state index contributed by atoms with van der Waals surface area (Å²) in [6, 6.07) is 5.07. The van der Waals surface area contributed by atoms with Gasteiger partial charge in [0.25, 0.3) is 0 Å². The summed E-state index contributed by atoms with van der Waals surface area (Å²) in [5.41, 5.74) is -0.230. The molecule has 0 bridgehead atoms. The summed E-state index contributed by atoms with van der Waals surface area (Å²) >= 11 is 0. The third-order valence-corrected chi connectivity index (χ3v) is 6.79. The largest absolute Gasteiger partial charge is 0.416 e. The van der Waals surface area contributed by atoms with Gasteiger partial charge < -0.3 is 10.2 Å². The molecule has 5 nitrogen and oxygen atoms in total. The zero-order chi connectivity index (χ0) is 18.9. The number of nitrogens with zero attached hydrogens (tertiary/aromatic N) is 2. The molecule has 1 aromatic rings. The Labute approximate surface area is 169 Å². The minimum absolute atomic E-state index is 0. The number of alkyl halides is 3. The molecule has 26 heavy (non-hydrogen) atoms. The van der Waals surface area contributed by atoms with Gasteiger partial charge in [-0.05, 0) is 31.5 Å². The van der Waals surface area contributed by atoms with E-state index in [1.54, 1.807) is 27.0 Å². The Morgan fingerprint density at radius 3 is 2.54 bits per heavy atom. The van der Waals surface area contributed by atoms with E-state index in [2.05, 4.69) is 10.3 Å². The maximum Gasteiger partial charge on any atom is 0.416 e. The third kappa shape index (κ3) is 5.24. The van der Waals surface area contributed by atoms with Crippen LogP contribution in [-0.4, -0.2) is 49.9 Å². The molecular formula is C16H23F3IN3O2S. The number of benzene rings is 1. The molecule has 148 valence electrons. The highest BCUT2D eigenvalue weighted by Gasteiger charge is 2.41. The first-order chi connectivity index (χ1) is 11.5. The molecule has 0 unspecified atom stereocenters. The fourth-order valence-corrected chi connectivity index (χ4v) is 4.06. The van der Waals surface area contributed by atoms with Gasteiger partial charge in [-0.3, -0.25) is 4.99 Å². The first-order valence-corrected chi connectivity index (χ1v) is 9.45. The Kier molecular flexibility index (Phi) is 7.36. The summed E-state index contributed by atoms with van der Waals surface area (Å²) in [6.45, 7) is 4.06. The van der Waals surface area contributed by atoms with Crippen LogP contribution in [0.15, 0.2) is 29.3 Å². The SMILES string of the molecule is CN=C(NCc1cccc(C(F)(F)F)c1)N1CCS(=O)(=O)C(C)(C)C1.I. The lowest BCUT2D eigenvalue weighted by Crippen LogP contribution is -2.57. The number of rotatable bonds is 2. The van der Waals surface area contributed by atoms with Gasteiger partial charge in [-0.25, -0.2) is 8.42 Å². The second-order valence-corrected chi connectivity index (χ2v) is 9.34. The second-order valence-electron chi connectivity index (χ2n) is 6.60. The van der Waals surface area contributed by atoms with Crippen molar-refractivity contribution < 1.29 is 21.6 Å². The van der Waals surface area contributed by atoms with Crippen molar-refractivity contribution in [3.63, 3.8) is 0 Å². The van der Waals surface area contributed by atoms with E-state index in [9.17, 15) is 21.6 Å². The van der Waals surface area contributed by atoms with Gasteiger partial charge in [0, 0.05) is 26.7 Å². The average Bonchev–Trinajstić information content (AvgIpc) is 2.51. The normalized spacial score (nSPS) is 19.6. The molecule has 0 amide bonds. The predicted octanol–water partition coefficient (Wildman–Crippen LogP) is 2.91. The van der Waals surface area contributed by atoms with Crippen LogP contribution in [0, 0.1) is 0 Å². The van der Waals surface area contributed by atoms with Crippen molar-refractivity contribution in [1.29, 1.82) is 0 Å². The molecule has 2 rings (SSSR count). The molecule has 0 aliphatic carbocycles. The standard InChI is InChI=1S/C16H22F3N3O2S.HI/c1-15(2)11-22(7-8-25(15,23)24)14(20-3)21-10-12-5-4-6-13(9-12)16(17,18)19;/h4-6,9H,7-8,10-11H2,1-3H3,(H,20,21);1H. The quantitative estimate of drug-likeness (QED) is 0.382. The second kappa shape index (κ2) is 8.32. The van der Waals surface area contributed by atoms with Crippen molar-refractivity contribution in [2.24, 2.45) is 4.99 Å². The molecule has 1 aliphatic rings. The van der Waals surface area contributed by atoms with Crippen LogP contribution in [0.1, 0.15) is 25.0 Å². The van der Waals surface area contributed by atoms with Crippen LogP contribution in [0.3, 0.4) is 0 Å². The molecule has 1 heterocycles.